The van der Waals surface area contributed by atoms with Gasteiger partial charge in [-0.1, -0.05) is 19.3 Å². The van der Waals surface area contributed by atoms with Crippen LogP contribution in [0.15, 0.2) is 24.3 Å². The van der Waals surface area contributed by atoms with Gasteiger partial charge in [0.15, 0.2) is 0 Å². The van der Waals surface area contributed by atoms with Crippen LogP contribution >= 0.6 is 0 Å². The van der Waals surface area contributed by atoms with Gasteiger partial charge in [-0.15, -0.1) is 0 Å². The minimum absolute atomic E-state index is 0.0870. The highest BCUT2D eigenvalue weighted by molar-refractivity contribution is 5.99. The number of hydrogen-bond donors (Lipinski definition) is 2. The first-order valence-corrected chi connectivity index (χ1v) is 9.53. The Balaban J connectivity index is 1.62. The van der Waals surface area contributed by atoms with Crippen molar-refractivity contribution in [3.05, 3.63) is 29.8 Å². The Morgan fingerprint density at radius 2 is 1.65 bits per heavy atom. The van der Waals surface area contributed by atoms with Gasteiger partial charge >= 0.3 is 0 Å². The second-order valence-electron chi connectivity index (χ2n) is 7.17. The minimum atomic E-state index is -0.386. The molecule has 140 valence electrons. The fourth-order valence-corrected chi connectivity index (χ4v) is 3.96. The first-order chi connectivity index (χ1) is 12.6. The van der Waals surface area contributed by atoms with Crippen molar-refractivity contribution in [1.29, 1.82) is 0 Å². The fourth-order valence-electron chi connectivity index (χ4n) is 3.96. The Bertz CT molecular complexity index is 665. The third-order valence-corrected chi connectivity index (χ3v) is 5.43. The summed E-state index contributed by atoms with van der Waals surface area (Å²) in [5.74, 6) is -0.0661. The number of hydrogen-bond acceptors (Lipinski definition) is 3. The van der Waals surface area contributed by atoms with Gasteiger partial charge in [-0.3, -0.25) is 14.4 Å². The van der Waals surface area contributed by atoms with Gasteiger partial charge in [-0.2, -0.15) is 0 Å². The first kappa shape index (κ1) is 18.4. The molecule has 6 nitrogen and oxygen atoms in total. The lowest BCUT2D eigenvalue weighted by Gasteiger charge is -2.30. The van der Waals surface area contributed by atoms with Gasteiger partial charge in [0.1, 0.15) is 6.04 Å². The molecule has 2 N–H and O–H groups in total. The Hall–Kier alpha value is -2.37. The zero-order chi connectivity index (χ0) is 18.5. The first-order valence-electron chi connectivity index (χ1n) is 9.53. The van der Waals surface area contributed by atoms with Crippen LogP contribution in [0.5, 0.6) is 0 Å². The van der Waals surface area contributed by atoms with Crippen LogP contribution in [0.4, 0.5) is 5.69 Å². The highest BCUT2D eigenvalue weighted by Crippen LogP contribution is 2.29. The average molecular weight is 357 g/mol. The zero-order valence-electron chi connectivity index (χ0n) is 15.3. The number of benzene rings is 1. The normalized spacial score (nSPS) is 20.7. The molecule has 0 bridgehead atoms. The van der Waals surface area contributed by atoms with Gasteiger partial charge in [0.25, 0.3) is 5.91 Å². The van der Waals surface area contributed by atoms with E-state index in [1.165, 1.54) is 6.42 Å². The minimum Gasteiger partial charge on any atom is -0.355 e. The zero-order valence-corrected chi connectivity index (χ0v) is 15.3. The number of rotatable bonds is 4. The maximum atomic E-state index is 12.8. The molecule has 1 aliphatic heterocycles. The van der Waals surface area contributed by atoms with Crippen molar-refractivity contribution in [2.75, 3.05) is 18.9 Å². The molecule has 3 amide bonds. The summed E-state index contributed by atoms with van der Waals surface area (Å²) < 4.78 is 0. The largest absolute Gasteiger partial charge is 0.355 e. The van der Waals surface area contributed by atoms with Crippen molar-refractivity contribution < 1.29 is 14.4 Å². The fraction of sp³-hybridized carbons (Fsp3) is 0.550. The molecule has 2 fully saturated rings. The van der Waals surface area contributed by atoms with Gasteiger partial charge in [0, 0.05) is 30.8 Å². The topological polar surface area (TPSA) is 78.5 Å². The molecule has 1 aromatic rings. The predicted molar refractivity (Wildman–Crippen MR) is 99.8 cm³/mol. The standard InChI is InChI=1S/C20H27N3O3/c1-21-18(24)14-9-11-16(12-10-14)22-19(25)17-8-5-13-23(17)20(26)15-6-3-2-4-7-15/h9-12,15,17H,2-8,13H2,1H3,(H,21,24)(H,22,25). The molecular formula is C20H27N3O3. The molecular weight excluding hydrogens is 330 g/mol. The van der Waals surface area contributed by atoms with E-state index in [0.29, 0.717) is 24.2 Å². The molecule has 0 radical (unpaired) electrons. The molecule has 3 rings (SSSR count). The number of nitrogens with one attached hydrogen (secondary N) is 2. The van der Waals surface area contributed by atoms with Crippen LogP contribution in [0.2, 0.25) is 0 Å². The molecule has 0 aromatic heterocycles. The van der Waals surface area contributed by atoms with E-state index in [1.54, 1.807) is 36.2 Å². The molecule has 0 spiro atoms. The third kappa shape index (κ3) is 4.06. The Labute approximate surface area is 154 Å². The van der Waals surface area contributed by atoms with Crippen molar-refractivity contribution in [3.63, 3.8) is 0 Å². The third-order valence-electron chi connectivity index (χ3n) is 5.43. The van der Waals surface area contributed by atoms with Gasteiger partial charge in [0.05, 0.1) is 0 Å². The summed E-state index contributed by atoms with van der Waals surface area (Å²) in [6, 6.07) is 6.39. The molecule has 6 heteroatoms. The quantitative estimate of drug-likeness (QED) is 0.869. The number of nitrogens with zero attached hydrogens (tertiary/aromatic N) is 1. The summed E-state index contributed by atoms with van der Waals surface area (Å²) in [6.07, 6.45) is 6.90. The van der Waals surface area contributed by atoms with Crippen LogP contribution in [0.1, 0.15) is 55.3 Å². The van der Waals surface area contributed by atoms with Crippen LogP contribution in [0.25, 0.3) is 0 Å². The Morgan fingerprint density at radius 1 is 0.962 bits per heavy atom. The van der Waals surface area contributed by atoms with E-state index in [1.807, 2.05) is 0 Å². The maximum absolute atomic E-state index is 12.8. The molecule has 1 aliphatic carbocycles. The lowest BCUT2D eigenvalue weighted by atomic mass is 9.88. The van der Waals surface area contributed by atoms with Gasteiger partial charge in [0.2, 0.25) is 11.8 Å². The van der Waals surface area contributed by atoms with E-state index < -0.39 is 0 Å². The van der Waals surface area contributed by atoms with E-state index in [2.05, 4.69) is 10.6 Å². The molecule has 1 aromatic carbocycles. The van der Waals surface area contributed by atoms with Gasteiger partial charge < -0.3 is 15.5 Å². The van der Waals surface area contributed by atoms with Crippen molar-refractivity contribution in [1.82, 2.24) is 10.2 Å². The highest BCUT2D eigenvalue weighted by Gasteiger charge is 2.37. The van der Waals surface area contributed by atoms with Gasteiger partial charge in [-0.05, 0) is 49.9 Å². The van der Waals surface area contributed by atoms with Crippen LogP contribution < -0.4 is 10.6 Å². The lowest BCUT2D eigenvalue weighted by molar-refractivity contribution is -0.141. The van der Waals surface area contributed by atoms with Crippen molar-refractivity contribution in [2.45, 2.75) is 51.0 Å². The molecule has 1 saturated carbocycles. The van der Waals surface area contributed by atoms with Crippen LogP contribution in [-0.2, 0) is 9.59 Å². The van der Waals surface area contributed by atoms with Gasteiger partial charge in [-0.25, -0.2) is 0 Å². The second-order valence-corrected chi connectivity index (χ2v) is 7.17. The summed E-state index contributed by atoms with van der Waals surface area (Å²) in [4.78, 5) is 38.9. The molecule has 1 atom stereocenters. The monoisotopic (exact) mass is 357 g/mol. The van der Waals surface area contributed by atoms with Crippen LogP contribution in [0, 0.1) is 5.92 Å². The van der Waals surface area contributed by atoms with E-state index in [0.717, 1.165) is 32.1 Å². The van der Waals surface area contributed by atoms with E-state index >= 15 is 0 Å². The average Bonchev–Trinajstić information content (AvgIpc) is 3.18. The molecule has 26 heavy (non-hydrogen) atoms. The summed E-state index contributed by atoms with van der Waals surface area (Å²) in [6.45, 7) is 0.670. The molecule has 1 heterocycles. The Morgan fingerprint density at radius 3 is 2.31 bits per heavy atom. The molecule has 1 saturated heterocycles. The van der Waals surface area contributed by atoms with Crippen LogP contribution in [0.3, 0.4) is 0 Å². The molecule has 1 unspecified atom stereocenters. The Kier molecular flexibility index (Phi) is 5.91. The predicted octanol–water partition coefficient (Wildman–Crippen LogP) is 2.56. The van der Waals surface area contributed by atoms with Crippen LogP contribution in [-0.4, -0.2) is 42.3 Å². The maximum Gasteiger partial charge on any atom is 0.251 e. The van der Waals surface area contributed by atoms with Crippen molar-refractivity contribution >= 4 is 23.4 Å². The summed E-state index contributed by atoms with van der Waals surface area (Å²) >= 11 is 0. The van der Waals surface area contributed by atoms with Crippen molar-refractivity contribution in [2.24, 2.45) is 5.92 Å². The molecule has 2 aliphatic rings. The number of anilines is 1. The summed E-state index contributed by atoms with van der Waals surface area (Å²) in [7, 11) is 1.58. The smallest absolute Gasteiger partial charge is 0.251 e. The van der Waals surface area contributed by atoms with E-state index in [9.17, 15) is 14.4 Å². The second kappa shape index (κ2) is 8.34. The van der Waals surface area contributed by atoms with Crippen molar-refractivity contribution in [3.8, 4) is 0 Å². The number of carbonyl (C=O) groups excluding carboxylic acids is 3. The lowest BCUT2D eigenvalue weighted by Crippen LogP contribution is -2.46. The highest BCUT2D eigenvalue weighted by atomic mass is 16.2. The summed E-state index contributed by atoms with van der Waals surface area (Å²) in [5.41, 5.74) is 1.18. The van der Waals surface area contributed by atoms with E-state index in [-0.39, 0.29) is 29.7 Å². The SMILES string of the molecule is CNC(=O)c1ccc(NC(=O)C2CCCN2C(=O)C2CCCCC2)cc1. The number of carbonyl (C=O) groups is 3. The number of likely N-dealkylation sites (tertiary alicyclic amines) is 1. The summed E-state index contributed by atoms with van der Waals surface area (Å²) in [5, 5.41) is 5.46. The number of amides is 3. The van der Waals surface area contributed by atoms with E-state index in [4.69, 9.17) is 0 Å².